The smallest absolute Gasteiger partial charge is 0.275 e. The monoisotopic (exact) mass is 304 g/mol. The molecule has 1 aromatic heterocycles. The molecule has 2 saturated heterocycles. The molecule has 0 aromatic carbocycles. The Morgan fingerprint density at radius 2 is 1.86 bits per heavy atom. The summed E-state index contributed by atoms with van der Waals surface area (Å²) in [6.45, 7) is 6.07. The molecule has 0 radical (unpaired) electrons. The molecule has 3 rings (SSSR count). The van der Waals surface area contributed by atoms with E-state index in [4.69, 9.17) is 0 Å². The molecule has 0 aliphatic carbocycles. The van der Waals surface area contributed by atoms with Gasteiger partial charge in [0.05, 0.1) is 0 Å². The molecule has 6 heteroatoms. The molecule has 3 heterocycles. The lowest BCUT2D eigenvalue weighted by molar-refractivity contribution is -0.149. The van der Waals surface area contributed by atoms with Crippen molar-refractivity contribution in [1.82, 2.24) is 19.6 Å². The summed E-state index contributed by atoms with van der Waals surface area (Å²) in [6.07, 6.45) is 4.06. The van der Waals surface area contributed by atoms with Gasteiger partial charge in [-0.15, -0.1) is 0 Å². The maximum Gasteiger partial charge on any atom is 0.275 e. The Hall–Kier alpha value is -1.85. The molecule has 0 N–H and O–H groups in total. The van der Waals surface area contributed by atoms with E-state index in [9.17, 15) is 9.59 Å². The molecule has 1 atom stereocenters. The molecule has 2 amide bonds. The van der Waals surface area contributed by atoms with Crippen LogP contribution in [-0.4, -0.2) is 56.6 Å². The number of carbonyl (C=O) groups excluding carboxylic acids is 2. The van der Waals surface area contributed by atoms with Gasteiger partial charge in [0.1, 0.15) is 5.54 Å². The standard InChI is InChI=1S/C16H24N4O2/c1-12-11-13(17-18(12)3)14(21)20-10-7-16(20,2)15(22)19-8-5-4-6-9-19/h11H,4-10H2,1-3H3. The molecule has 2 aliphatic heterocycles. The lowest BCUT2D eigenvalue weighted by Crippen LogP contribution is -2.68. The van der Waals surface area contributed by atoms with Gasteiger partial charge in [0.2, 0.25) is 5.91 Å². The van der Waals surface area contributed by atoms with Gasteiger partial charge in [-0.05, 0) is 45.6 Å². The van der Waals surface area contributed by atoms with Crippen molar-refractivity contribution in [3.8, 4) is 0 Å². The molecule has 2 fully saturated rings. The summed E-state index contributed by atoms with van der Waals surface area (Å²) < 4.78 is 1.69. The first-order chi connectivity index (χ1) is 10.4. The summed E-state index contributed by atoms with van der Waals surface area (Å²) in [4.78, 5) is 29.1. The number of aromatic nitrogens is 2. The summed E-state index contributed by atoms with van der Waals surface area (Å²) in [5.41, 5.74) is 0.671. The van der Waals surface area contributed by atoms with Crippen LogP contribution < -0.4 is 0 Å². The van der Waals surface area contributed by atoms with Gasteiger partial charge < -0.3 is 9.80 Å². The second kappa shape index (κ2) is 5.41. The second-order valence-electron chi connectivity index (χ2n) is 6.63. The lowest BCUT2D eigenvalue weighted by atomic mass is 9.84. The fourth-order valence-corrected chi connectivity index (χ4v) is 3.35. The fourth-order valence-electron chi connectivity index (χ4n) is 3.35. The van der Waals surface area contributed by atoms with E-state index in [-0.39, 0.29) is 11.8 Å². The summed E-state index contributed by atoms with van der Waals surface area (Å²) >= 11 is 0. The van der Waals surface area contributed by atoms with Gasteiger partial charge in [0.15, 0.2) is 5.69 Å². The molecule has 0 spiro atoms. The van der Waals surface area contributed by atoms with Gasteiger partial charge in [0, 0.05) is 32.4 Å². The van der Waals surface area contributed by atoms with Crippen LogP contribution in [0.25, 0.3) is 0 Å². The minimum atomic E-state index is -0.695. The molecule has 2 aliphatic rings. The van der Waals surface area contributed by atoms with Crippen LogP contribution in [0.2, 0.25) is 0 Å². The van der Waals surface area contributed by atoms with Crippen molar-refractivity contribution < 1.29 is 9.59 Å². The van der Waals surface area contributed by atoms with Gasteiger partial charge in [-0.1, -0.05) is 0 Å². The van der Waals surface area contributed by atoms with Crippen molar-refractivity contribution in [2.24, 2.45) is 7.05 Å². The number of likely N-dealkylation sites (tertiary alicyclic amines) is 2. The van der Waals surface area contributed by atoms with E-state index < -0.39 is 5.54 Å². The van der Waals surface area contributed by atoms with Crippen LogP contribution in [0.1, 0.15) is 48.8 Å². The molecule has 1 aromatic rings. The van der Waals surface area contributed by atoms with Crippen LogP contribution in [0.5, 0.6) is 0 Å². The Kier molecular flexibility index (Phi) is 3.70. The summed E-state index contributed by atoms with van der Waals surface area (Å²) in [5, 5.41) is 4.25. The van der Waals surface area contributed by atoms with Crippen LogP contribution in [0.3, 0.4) is 0 Å². The Morgan fingerprint density at radius 3 is 2.36 bits per heavy atom. The number of amides is 2. The van der Waals surface area contributed by atoms with Gasteiger partial charge in [0.25, 0.3) is 5.91 Å². The van der Waals surface area contributed by atoms with Crippen molar-refractivity contribution >= 4 is 11.8 Å². The first-order valence-electron chi connectivity index (χ1n) is 8.05. The Morgan fingerprint density at radius 1 is 1.18 bits per heavy atom. The minimum absolute atomic E-state index is 0.0967. The maximum atomic E-state index is 12.8. The van der Waals surface area contributed by atoms with Crippen LogP contribution >= 0.6 is 0 Å². The van der Waals surface area contributed by atoms with E-state index in [0.29, 0.717) is 12.2 Å². The summed E-state index contributed by atoms with van der Waals surface area (Å²) in [7, 11) is 1.82. The van der Waals surface area contributed by atoms with E-state index in [1.165, 1.54) is 6.42 Å². The topological polar surface area (TPSA) is 58.4 Å². The number of hydrogen-bond donors (Lipinski definition) is 0. The first kappa shape index (κ1) is 15.1. The van der Waals surface area contributed by atoms with Crippen LogP contribution in [0, 0.1) is 6.92 Å². The van der Waals surface area contributed by atoms with Crippen molar-refractivity contribution in [3.05, 3.63) is 17.5 Å². The van der Waals surface area contributed by atoms with E-state index >= 15 is 0 Å². The largest absolute Gasteiger partial charge is 0.341 e. The highest BCUT2D eigenvalue weighted by Crippen LogP contribution is 2.34. The molecular formula is C16H24N4O2. The van der Waals surface area contributed by atoms with Gasteiger partial charge in [-0.3, -0.25) is 14.3 Å². The predicted molar refractivity (Wildman–Crippen MR) is 82.4 cm³/mol. The molecule has 6 nitrogen and oxygen atoms in total. The number of carbonyl (C=O) groups is 2. The highest BCUT2D eigenvalue weighted by molar-refractivity contribution is 5.99. The number of piperidine rings is 1. The van der Waals surface area contributed by atoms with Gasteiger partial charge >= 0.3 is 0 Å². The van der Waals surface area contributed by atoms with Crippen LogP contribution in [-0.2, 0) is 11.8 Å². The predicted octanol–water partition coefficient (Wildman–Crippen LogP) is 1.35. The molecule has 1 unspecified atom stereocenters. The Bertz CT molecular complexity index is 584. The fraction of sp³-hybridized carbons (Fsp3) is 0.688. The van der Waals surface area contributed by atoms with Gasteiger partial charge in [-0.25, -0.2) is 0 Å². The zero-order chi connectivity index (χ0) is 15.9. The quantitative estimate of drug-likeness (QED) is 0.828. The zero-order valence-electron chi connectivity index (χ0n) is 13.6. The normalized spacial score (nSPS) is 25.0. The molecule has 120 valence electrons. The summed E-state index contributed by atoms with van der Waals surface area (Å²) in [5.74, 6) is -0.0396. The Balaban J connectivity index is 1.77. The number of hydrogen-bond acceptors (Lipinski definition) is 3. The van der Waals surface area contributed by atoms with Gasteiger partial charge in [-0.2, -0.15) is 5.10 Å². The third-order valence-corrected chi connectivity index (χ3v) is 5.10. The SMILES string of the molecule is Cc1cc(C(=O)N2CCC2(C)C(=O)N2CCCCC2)nn1C. The average molecular weight is 304 g/mol. The van der Waals surface area contributed by atoms with Crippen molar-refractivity contribution in [1.29, 1.82) is 0 Å². The molecular weight excluding hydrogens is 280 g/mol. The third-order valence-electron chi connectivity index (χ3n) is 5.10. The van der Waals surface area contributed by atoms with Crippen molar-refractivity contribution in [2.75, 3.05) is 19.6 Å². The molecule has 0 bridgehead atoms. The molecule has 22 heavy (non-hydrogen) atoms. The number of nitrogens with zero attached hydrogens (tertiary/aromatic N) is 4. The highest BCUT2D eigenvalue weighted by atomic mass is 16.2. The maximum absolute atomic E-state index is 12.8. The lowest BCUT2D eigenvalue weighted by Gasteiger charge is -2.51. The third kappa shape index (κ3) is 2.30. The average Bonchev–Trinajstić information content (AvgIpc) is 2.85. The van der Waals surface area contributed by atoms with Crippen molar-refractivity contribution in [3.63, 3.8) is 0 Å². The Labute approximate surface area is 131 Å². The summed E-state index contributed by atoms with van der Waals surface area (Å²) in [6, 6.07) is 1.78. The zero-order valence-corrected chi connectivity index (χ0v) is 13.6. The van der Waals surface area contributed by atoms with E-state index in [2.05, 4.69) is 5.10 Å². The van der Waals surface area contributed by atoms with E-state index in [0.717, 1.165) is 38.0 Å². The number of aryl methyl sites for hydroxylation is 2. The van der Waals surface area contributed by atoms with Crippen LogP contribution in [0.4, 0.5) is 0 Å². The molecule has 0 saturated carbocycles. The highest BCUT2D eigenvalue weighted by Gasteiger charge is 2.51. The van der Waals surface area contributed by atoms with E-state index in [1.807, 2.05) is 25.8 Å². The minimum Gasteiger partial charge on any atom is -0.341 e. The first-order valence-corrected chi connectivity index (χ1v) is 8.05. The van der Waals surface area contributed by atoms with Crippen molar-refractivity contribution in [2.45, 2.75) is 45.1 Å². The second-order valence-corrected chi connectivity index (χ2v) is 6.63. The van der Waals surface area contributed by atoms with E-state index in [1.54, 1.807) is 15.6 Å². The van der Waals surface area contributed by atoms with Crippen LogP contribution in [0.15, 0.2) is 6.07 Å². The number of rotatable bonds is 2.